The van der Waals surface area contributed by atoms with E-state index in [0.29, 0.717) is 5.92 Å². The van der Waals surface area contributed by atoms with Gasteiger partial charge in [0.15, 0.2) is 17.0 Å². The molecule has 0 spiro atoms. The molecule has 5 aromatic rings. The van der Waals surface area contributed by atoms with E-state index >= 15 is 0 Å². The van der Waals surface area contributed by atoms with E-state index in [1.54, 1.807) is 6.33 Å². The maximum absolute atomic E-state index is 12.7. The molecule has 1 aliphatic rings. The molecule has 10 heteroatoms. The van der Waals surface area contributed by atoms with Gasteiger partial charge in [-0.05, 0) is 30.9 Å². The lowest BCUT2D eigenvalue weighted by atomic mass is 10.0. The van der Waals surface area contributed by atoms with E-state index in [1.807, 2.05) is 57.5 Å². The lowest BCUT2D eigenvalue weighted by molar-refractivity contribution is 0.395. The molecule has 1 N–H and O–H groups in total. The molecule has 10 nitrogen and oxygen atoms in total. The van der Waals surface area contributed by atoms with Crippen LogP contribution in [-0.4, -0.2) is 51.9 Å². The highest BCUT2D eigenvalue weighted by molar-refractivity contribution is 5.86. The Morgan fingerprint density at radius 3 is 2.74 bits per heavy atom. The molecular formula is C25H29N9O. The molecule has 4 aromatic heterocycles. The normalized spacial score (nSPS) is 15.1. The van der Waals surface area contributed by atoms with Gasteiger partial charge in [0.1, 0.15) is 12.2 Å². The number of nitrogens with one attached hydrogen (secondary N) is 1. The lowest BCUT2D eigenvalue weighted by Gasteiger charge is -2.33. The molecular weight excluding hydrogens is 442 g/mol. The highest BCUT2D eigenvalue weighted by Gasteiger charge is 2.27. The number of aryl methyl sites for hydroxylation is 1. The summed E-state index contributed by atoms with van der Waals surface area (Å²) in [5.74, 6) is 2.19. The number of benzene rings is 1. The molecule has 6 rings (SSSR count). The Bertz CT molecular complexity index is 1560. The minimum absolute atomic E-state index is 0.0403. The molecule has 1 aliphatic heterocycles. The molecule has 0 radical (unpaired) electrons. The Morgan fingerprint density at radius 2 is 1.94 bits per heavy atom. The van der Waals surface area contributed by atoms with Crippen LogP contribution in [0.25, 0.3) is 33.6 Å². The van der Waals surface area contributed by atoms with Crippen molar-refractivity contribution in [1.29, 1.82) is 0 Å². The standard InChI is InChI=1S/C25H29N9O/c1-16(2)13-33-14-17(12-28-33)22-30-21-23(31(22)3)26-15-27-24(21)32-10-8-18(9-11-32)34-20-7-5-4-6-19(20)29-25(34)35/h4-7,12,14-16,18H,8-11,13H2,1-3H3,(H,29,35). The monoisotopic (exact) mass is 471 g/mol. The molecule has 0 atom stereocenters. The average Bonchev–Trinajstić information content (AvgIpc) is 3.54. The van der Waals surface area contributed by atoms with Crippen LogP contribution >= 0.6 is 0 Å². The zero-order chi connectivity index (χ0) is 24.1. The Morgan fingerprint density at radius 1 is 1.14 bits per heavy atom. The lowest BCUT2D eigenvalue weighted by Crippen LogP contribution is -2.37. The summed E-state index contributed by atoms with van der Waals surface area (Å²) in [6, 6.07) is 8.03. The zero-order valence-electron chi connectivity index (χ0n) is 20.2. The van der Waals surface area contributed by atoms with Crippen LogP contribution in [0, 0.1) is 5.92 Å². The SMILES string of the molecule is CC(C)Cn1cc(-c2nc3c(N4CCC(n5c(=O)[nH]c6ccccc65)CC4)ncnc3n2C)cn1. The van der Waals surface area contributed by atoms with Gasteiger partial charge in [0.25, 0.3) is 0 Å². The van der Waals surface area contributed by atoms with Crippen LogP contribution in [0.1, 0.15) is 32.7 Å². The van der Waals surface area contributed by atoms with Gasteiger partial charge in [-0.3, -0.25) is 9.25 Å². The third-order valence-electron chi connectivity index (χ3n) is 6.83. The van der Waals surface area contributed by atoms with E-state index in [0.717, 1.165) is 71.9 Å². The average molecular weight is 472 g/mol. The van der Waals surface area contributed by atoms with Crippen molar-refractivity contribution in [3.63, 3.8) is 0 Å². The summed E-state index contributed by atoms with van der Waals surface area (Å²) in [7, 11) is 1.98. The van der Waals surface area contributed by atoms with Crippen LogP contribution in [0.5, 0.6) is 0 Å². The summed E-state index contributed by atoms with van der Waals surface area (Å²) in [5, 5.41) is 4.50. The third-order valence-corrected chi connectivity index (χ3v) is 6.83. The van der Waals surface area contributed by atoms with Crippen LogP contribution < -0.4 is 10.6 Å². The van der Waals surface area contributed by atoms with Crippen molar-refractivity contribution >= 4 is 28.0 Å². The molecule has 1 fully saturated rings. The Labute approximate surface area is 202 Å². The molecule has 0 bridgehead atoms. The first-order valence-electron chi connectivity index (χ1n) is 12.1. The second kappa shape index (κ2) is 8.37. The second-order valence-corrected chi connectivity index (χ2v) is 9.74. The summed E-state index contributed by atoms with van der Waals surface area (Å²) < 4.78 is 5.88. The number of imidazole rings is 2. The Balaban J connectivity index is 1.28. The number of aromatic amines is 1. The number of hydrogen-bond acceptors (Lipinski definition) is 6. The number of nitrogens with zero attached hydrogens (tertiary/aromatic N) is 8. The summed E-state index contributed by atoms with van der Waals surface area (Å²) in [6.07, 6.45) is 7.23. The van der Waals surface area contributed by atoms with Crippen molar-refractivity contribution in [3.05, 3.63) is 53.5 Å². The molecule has 0 unspecified atom stereocenters. The Kier molecular flexibility index (Phi) is 5.16. The number of piperidine rings is 1. The van der Waals surface area contributed by atoms with Gasteiger partial charge < -0.3 is 14.5 Å². The molecule has 0 amide bonds. The first-order valence-corrected chi connectivity index (χ1v) is 12.1. The summed E-state index contributed by atoms with van der Waals surface area (Å²) >= 11 is 0. The maximum atomic E-state index is 12.7. The van der Waals surface area contributed by atoms with Gasteiger partial charge in [-0.2, -0.15) is 5.10 Å². The minimum atomic E-state index is -0.0403. The first-order chi connectivity index (χ1) is 17.0. The van der Waals surface area contributed by atoms with Gasteiger partial charge in [-0.15, -0.1) is 0 Å². The highest BCUT2D eigenvalue weighted by atomic mass is 16.1. The maximum Gasteiger partial charge on any atom is 0.326 e. The van der Waals surface area contributed by atoms with Crippen LogP contribution in [0.15, 0.2) is 47.8 Å². The van der Waals surface area contributed by atoms with Crippen molar-refractivity contribution < 1.29 is 0 Å². The molecule has 0 aliphatic carbocycles. The number of anilines is 1. The predicted octanol–water partition coefficient (Wildman–Crippen LogP) is 3.37. The fourth-order valence-electron chi connectivity index (χ4n) is 5.20. The van der Waals surface area contributed by atoms with Gasteiger partial charge in [-0.25, -0.2) is 19.7 Å². The molecule has 35 heavy (non-hydrogen) atoms. The predicted molar refractivity (Wildman–Crippen MR) is 135 cm³/mol. The molecule has 1 aromatic carbocycles. The molecule has 1 saturated heterocycles. The van der Waals surface area contributed by atoms with Gasteiger partial charge in [-0.1, -0.05) is 26.0 Å². The fraction of sp³-hybridized carbons (Fsp3) is 0.400. The number of aromatic nitrogens is 8. The van der Waals surface area contributed by atoms with Crippen LogP contribution in [-0.2, 0) is 13.6 Å². The summed E-state index contributed by atoms with van der Waals surface area (Å²) in [6.45, 7) is 6.80. The Hall–Kier alpha value is -3.95. The number of fused-ring (bicyclic) bond motifs is 2. The van der Waals surface area contributed by atoms with E-state index in [9.17, 15) is 4.79 Å². The number of para-hydroxylation sites is 2. The van der Waals surface area contributed by atoms with Crippen LogP contribution in [0.4, 0.5) is 5.82 Å². The van der Waals surface area contributed by atoms with Gasteiger partial charge in [0.2, 0.25) is 0 Å². The summed E-state index contributed by atoms with van der Waals surface area (Å²) in [5.41, 5.74) is 4.37. The largest absolute Gasteiger partial charge is 0.355 e. The fourth-order valence-corrected chi connectivity index (χ4v) is 5.20. The minimum Gasteiger partial charge on any atom is -0.355 e. The number of hydrogen-bond donors (Lipinski definition) is 1. The number of H-pyrrole nitrogens is 1. The van der Waals surface area contributed by atoms with Crippen molar-refractivity contribution in [2.45, 2.75) is 39.3 Å². The second-order valence-electron chi connectivity index (χ2n) is 9.74. The third kappa shape index (κ3) is 3.69. The molecule has 5 heterocycles. The van der Waals surface area contributed by atoms with Crippen LogP contribution in [0.2, 0.25) is 0 Å². The first kappa shape index (κ1) is 21.6. The topological polar surface area (TPSA) is 102 Å². The van der Waals surface area contributed by atoms with E-state index < -0.39 is 0 Å². The summed E-state index contributed by atoms with van der Waals surface area (Å²) in [4.78, 5) is 32.0. The van der Waals surface area contributed by atoms with E-state index in [4.69, 9.17) is 4.98 Å². The highest BCUT2D eigenvalue weighted by Crippen LogP contribution is 2.31. The van der Waals surface area contributed by atoms with Crippen molar-refractivity contribution in [2.75, 3.05) is 18.0 Å². The van der Waals surface area contributed by atoms with Gasteiger partial charge in [0, 0.05) is 38.9 Å². The van der Waals surface area contributed by atoms with Gasteiger partial charge >= 0.3 is 5.69 Å². The van der Waals surface area contributed by atoms with E-state index in [1.165, 1.54) is 0 Å². The van der Waals surface area contributed by atoms with Crippen LogP contribution in [0.3, 0.4) is 0 Å². The van der Waals surface area contributed by atoms with Crippen molar-refractivity contribution in [3.8, 4) is 11.4 Å². The number of rotatable bonds is 5. The van der Waals surface area contributed by atoms with E-state index in [2.05, 4.69) is 38.8 Å². The quantitative estimate of drug-likeness (QED) is 0.422. The smallest absolute Gasteiger partial charge is 0.326 e. The zero-order valence-corrected chi connectivity index (χ0v) is 20.2. The van der Waals surface area contributed by atoms with Gasteiger partial charge in [0.05, 0.1) is 22.8 Å². The molecule has 180 valence electrons. The molecule has 0 saturated carbocycles. The van der Waals surface area contributed by atoms with E-state index in [-0.39, 0.29) is 11.7 Å². The van der Waals surface area contributed by atoms with Crippen molar-refractivity contribution in [1.82, 2.24) is 38.9 Å². The van der Waals surface area contributed by atoms with Crippen molar-refractivity contribution in [2.24, 2.45) is 13.0 Å².